The van der Waals surface area contributed by atoms with Crippen LogP contribution in [0, 0.1) is 0 Å². The molecule has 0 bridgehead atoms. The summed E-state index contributed by atoms with van der Waals surface area (Å²) in [6.07, 6.45) is 13.9. The first-order valence-corrected chi connectivity index (χ1v) is 7.70. The summed E-state index contributed by atoms with van der Waals surface area (Å²) in [6, 6.07) is 16.1. The summed E-state index contributed by atoms with van der Waals surface area (Å²) in [5.41, 5.74) is 9.55. The van der Waals surface area contributed by atoms with E-state index < -0.39 is 0 Å². The molecule has 0 unspecified atom stereocenters. The molecule has 1 aromatic heterocycles. The van der Waals surface area contributed by atoms with Gasteiger partial charge in [0.1, 0.15) is 0 Å². The molecule has 0 amide bonds. The number of hydrogen-bond donors (Lipinski definition) is 1. The van der Waals surface area contributed by atoms with Crippen molar-refractivity contribution in [3.63, 3.8) is 0 Å². The molecule has 1 heterocycles. The van der Waals surface area contributed by atoms with Gasteiger partial charge in [0.25, 0.3) is 0 Å². The van der Waals surface area contributed by atoms with E-state index in [4.69, 9.17) is 5.73 Å². The third kappa shape index (κ3) is 6.18. The minimum absolute atomic E-state index is 0.549. The van der Waals surface area contributed by atoms with Crippen LogP contribution in [0.1, 0.15) is 17.7 Å². The number of aryl methyl sites for hydroxylation is 1. The Bertz CT molecular complexity index is 695. The minimum Gasteiger partial charge on any atom is -0.399 e. The number of allylic oxidation sites excluding steroid dienone is 6. The maximum Gasteiger partial charge on any atom is 0.0406 e. The van der Waals surface area contributed by atoms with Gasteiger partial charge in [-0.1, -0.05) is 67.3 Å². The van der Waals surface area contributed by atoms with E-state index in [1.54, 1.807) is 0 Å². The first-order chi connectivity index (χ1) is 11.3. The van der Waals surface area contributed by atoms with E-state index in [0.29, 0.717) is 5.70 Å². The van der Waals surface area contributed by atoms with Crippen LogP contribution in [0.25, 0.3) is 5.57 Å². The van der Waals surface area contributed by atoms with Crippen LogP contribution >= 0.6 is 0 Å². The first kappa shape index (κ1) is 16.5. The Labute approximate surface area is 138 Å². The normalized spacial score (nSPS) is 12.1. The van der Waals surface area contributed by atoms with E-state index >= 15 is 0 Å². The molecule has 0 saturated heterocycles. The average Bonchev–Trinajstić information content (AvgIpc) is 2.58. The van der Waals surface area contributed by atoms with Crippen molar-refractivity contribution >= 4 is 5.57 Å². The predicted molar refractivity (Wildman–Crippen MR) is 98.6 cm³/mol. The van der Waals surface area contributed by atoms with E-state index in [2.05, 4.69) is 35.8 Å². The second-order valence-corrected chi connectivity index (χ2v) is 5.19. The van der Waals surface area contributed by atoms with Gasteiger partial charge >= 0.3 is 0 Å². The van der Waals surface area contributed by atoms with Gasteiger partial charge in [0, 0.05) is 17.6 Å². The lowest BCUT2D eigenvalue weighted by molar-refractivity contribution is 0.944. The molecule has 2 heteroatoms. The Hall–Kier alpha value is -2.87. The standard InChI is InChI=1S/C21H22N2/c1-18(22)17-20(19-11-6-4-7-12-19)13-5-2-3-8-14-21-15-9-10-16-23-21/h2-7,9-13,15-17H,1,8,14,22H2/b3-2-,13-5-,20-17-. The second kappa shape index (κ2) is 9.21. The third-order valence-electron chi connectivity index (χ3n) is 3.26. The highest BCUT2D eigenvalue weighted by Gasteiger charge is 1.96. The van der Waals surface area contributed by atoms with Crippen molar-refractivity contribution in [2.75, 3.05) is 0 Å². The summed E-state index contributed by atoms with van der Waals surface area (Å²) in [7, 11) is 0. The quantitative estimate of drug-likeness (QED) is 0.754. The SMILES string of the molecule is C=C(N)/C=C(/C=C\C=C/CCc1ccccn1)c1ccccc1. The molecule has 2 N–H and O–H groups in total. The highest BCUT2D eigenvalue weighted by molar-refractivity contribution is 5.76. The van der Waals surface area contributed by atoms with Gasteiger partial charge in [-0.05, 0) is 42.2 Å². The third-order valence-corrected chi connectivity index (χ3v) is 3.26. The minimum atomic E-state index is 0.549. The van der Waals surface area contributed by atoms with Gasteiger partial charge in [-0.25, -0.2) is 0 Å². The van der Waals surface area contributed by atoms with Crippen LogP contribution in [-0.2, 0) is 6.42 Å². The number of hydrogen-bond acceptors (Lipinski definition) is 2. The Morgan fingerprint density at radius 1 is 1.04 bits per heavy atom. The molecule has 1 aromatic carbocycles. The Morgan fingerprint density at radius 3 is 2.52 bits per heavy atom. The molecule has 2 nitrogen and oxygen atoms in total. The first-order valence-electron chi connectivity index (χ1n) is 7.70. The molecular formula is C21H22N2. The van der Waals surface area contributed by atoms with Gasteiger partial charge < -0.3 is 5.73 Å². The molecule has 0 aliphatic carbocycles. The van der Waals surface area contributed by atoms with Crippen molar-refractivity contribution in [3.05, 3.63) is 109 Å². The van der Waals surface area contributed by atoms with Crippen LogP contribution in [0.4, 0.5) is 0 Å². The molecule has 2 rings (SSSR count). The van der Waals surface area contributed by atoms with Gasteiger partial charge in [0.15, 0.2) is 0 Å². The second-order valence-electron chi connectivity index (χ2n) is 5.19. The fraction of sp³-hybridized carbons (Fsp3) is 0.0952. The molecule has 0 saturated carbocycles. The maximum absolute atomic E-state index is 5.72. The van der Waals surface area contributed by atoms with Gasteiger partial charge in [-0.2, -0.15) is 0 Å². The van der Waals surface area contributed by atoms with Gasteiger partial charge in [-0.3, -0.25) is 4.98 Å². The van der Waals surface area contributed by atoms with Crippen molar-refractivity contribution in [2.24, 2.45) is 5.73 Å². The van der Waals surface area contributed by atoms with Gasteiger partial charge in [-0.15, -0.1) is 0 Å². The average molecular weight is 302 g/mol. The maximum atomic E-state index is 5.72. The van der Waals surface area contributed by atoms with Crippen LogP contribution in [0.5, 0.6) is 0 Å². The van der Waals surface area contributed by atoms with Crippen molar-refractivity contribution in [3.8, 4) is 0 Å². The van der Waals surface area contributed by atoms with Gasteiger partial charge in [0.05, 0.1) is 0 Å². The summed E-state index contributed by atoms with van der Waals surface area (Å²) in [6.45, 7) is 3.75. The molecule has 0 atom stereocenters. The summed E-state index contributed by atoms with van der Waals surface area (Å²) in [5.74, 6) is 0. The molecule has 0 aliphatic rings. The fourth-order valence-electron chi connectivity index (χ4n) is 2.17. The van der Waals surface area contributed by atoms with Crippen LogP contribution in [0.2, 0.25) is 0 Å². The zero-order valence-electron chi connectivity index (χ0n) is 13.2. The predicted octanol–water partition coefficient (Wildman–Crippen LogP) is 4.68. The Balaban J connectivity index is 1.93. The number of aromatic nitrogens is 1. The van der Waals surface area contributed by atoms with Crippen molar-refractivity contribution < 1.29 is 0 Å². The van der Waals surface area contributed by atoms with Gasteiger partial charge in [0.2, 0.25) is 0 Å². The highest BCUT2D eigenvalue weighted by Crippen LogP contribution is 2.16. The zero-order chi connectivity index (χ0) is 16.3. The molecule has 116 valence electrons. The number of pyridine rings is 1. The van der Waals surface area contributed by atoms with Crippen molar-refractivity contribution in [1.82, 2.24) is 4.98 Å². The summed E-state index contributed by atoms with van der Waals surface area (Å²) in [4.78, 5) is 4.31. The molecule has 0 fully saturated rings. The molecule has 23 heavy (non-hydrogen) atoms. The molecular weight excluding hydrogens is 280 g/mol. The number of benzene rings is 1. The summed E-state index contributed by atoms with van der Waals surface area (Å²) < 4.78 is 0. The lowest BCUT2D eigenvalue weighted by Crippen LogP contribution is -1.91. The van der Waals surface area contributed by atoms with E-state index in [0.717, 1.165) is 29.7 Å². The number of nitrogens with zero attached hydrogens (tertiary/aromatic N) is 1. The van der Waals surface area contributed by atoms with Crippen molar-refractivity contribution in [2.45, 2.75) is 12.8 Å². The molecule has 2 aromatic rings. The molecule has 0 aliphatic heterocycles. The molecule has 0 spiro atoms. The lowest BCUT2D eigenvalue weighted by Gasteiger charge is -2.02. The fourth-order valence-corrected chi connectivity index (χ4v) is 2.17. The summed E-state index contributed by atoms with van der Waals surface area (Å²) in [5, 5.41) is 0. The van der Waals surface area contributed by atoms with E-state index in [9.17, 15) is 0 Å². The van der Waals surface area contributed by atoms with Crippen molar-refractivity contribution in [1.29, 1.82) is 0 Å². The Kier molecular flexibility index (Phi) is 6.61. The van der Waals surface area contributed by atoms with Crippen LogP contribution in [-0.4, -0.2) is 4.98 Å². The van der Waals surface area contributed by atoms with E-state index in [1.165, 1.54) is 0 Å². The topological polar surface area (TPSA) is 38.9 Å². The lowest BCUT2D eigenvalue weighted by atomic mass is 10.0. The smallest absolute Gasteiger partial charge is 0.0406 e. The Morgan fingerprint density at radius 2 is 1.83 bits per heavy atom. The number of nitrogens with two attached hydrogens (primary N) is 1. The van der Waals surface area contributed by atoms with Crippen LogP contribution in [0.15, 0.2) is 97.4 Å². The van der Waals surface area contributed by atoms with Crippen LogP contribution < -0.4 is 5.73 Å². The zero-order valence-corrected chi connectivity index (χ0v) is 13.2. The monoisotopic (exact) mass is 302 g/mol. The largest absolute Gasteiger partial charge is 0.399 e. The molecule has 0 radical (unpaired) electrons. The number of rotatable bonds is 7. The van der Waals surface area contributed by atoms with Crippen LogP contribution in [0.3, 0.4) is 0 Å². The van der Waals surface area contributed by atoms with E-state index in [1.807, 2.05) is 60.8 Å². The van der Waals surface area contributed by atoms with E-state index in [-0.39, 0.29) is 0 Å². The highest BCUT2D eigenvalue weighted by atomic mass is 14.7. The summed E-state index contributed by atoms with van der Waals surface area (Å²) >= 11 is 0.